The van der Waals surface area contributed by atoms with E-state index in [0.29, 0.717) is 26.2 Å². The minimum atomic E-state index is -0.917. The van der Waals surface area contributed by atoms with Crippen LogP contribution in [0, 0.1) is 0 Å². The Bertz CT molecular complexity index is 733. The third-order valence-corrected chi connectivity index (χ3v) is 9.05. The van der Waals surface area contributed by atoms with Gasteiger partial charge in [0.15, 0.2) is 0 Å². The summed E-state index contributed by atoms with van der Waals surface area (Å²) in [5.41, 5.74) is 11.6. The number of nitrogens with two attached hydrogens (primary N) is 2. The van der Waals surface area contributed by atoms with Gasteiger partial charge < -0.3 is 26.3 Å². The molecule has 0 aromatic carbocycles. The van der Waals surface area contributed by atoms with E-state index in [9.17, 15) is 14.4 Å². The minimum absolute atomic E-state index is 0. The molecule has 0 bridgehead atoms. The lowest BCUT2D eigenvalue weighted by molar-refractivity contribution is -0.149. The Labute approximate surface area is 314 Å². The Morgan fingerprint density at radius 2 is 0.918 bits per heavy atom. The number of hydrogen-bond acceptors (Lipinski definition) is 7. The van der Waals surface area contributed by atoms with E-state index in [1.807, 2.05) is 0 Å². The zero-order chi connectivity index (χ0) is 34.6. The van der Waals surface area contributed by atoms with Gasteiger partial charge in [-0.3, -0.25) is 9.59 Å². The zero-order valence-electron chi connectivity index (χ0n) is 31.8. The predicted molar refractivity (Wildman–Crippen MR) is 211 cm³/mol. The van der Waals surface area contributed by atoms with Gasteiger partial charge in [0, 0.05) is 6.42 Å². The number of rotatable bonds is 36. The van der Waals surface area contributed by atoms with Gasteiger partial charge in [0.05, 0.1) is 19.3 Å². The van der Waals surface area contributed by atoms with Crippen molar-refractivity contribution in [3.63, 3.8) is 0 Å². The highest BCUT2D eigenvalue weighted by atomic mass is 35.5. The van der Waals surface area contributed by atoms with Crippen molar-refractivity contribution in [2.24, 2.45) is 11.5 Å². The normalized spacial score (nSPS) is 12.0. The van der Waals surface area contributed by atoms with Crippen molar-refractivity contribution in [1.29, 1.82) is 0 Å². The molecule has 0 radical (unpaired) electrons. The molecule has 0 fully saturated rings. The molecule has 0 unspecified atom stereocenters. The summed E-state index contributed by atoms with van der Waals surface area (Å²) in [6.07, 6.45) is 32.0. The van der Waals surface area contributed by atoms with Gasteiger partial charge in [-0.25, -0.2) is 4.79 Å². The molecule has 0 saturated carbocycles. The van der Waals surface area contributed by atoms with Crippen molar-refractivity contribution in [3.8, 4) is 0 Å². The molecule has 0 aliphatic rings. The number of carbonyl (C=O) groups is 3. The number of amides is 1. The van der Waals surface area contributed by atoms with Gasteiger partial charge in [-0.05, 0) is 38.6 Å². The fraction of sp³-hybridized carbons (Fsp3) is 0.923. The Morgan fingerprint density at radius 1 is 0.531 bits per heavy atom. The van der Waals surface area contributed by atoms with Crippen LogP contribution in [-0.2, 0) is 23.9 Å². The minimum Gasteiger partial charge on any atom is -0.466 e. The highest BCUT2D eigenvalue weighted by molar-refractivity contribution is 5.87. The molecule has 0 aromatic heterocycles. The molecular formula is C39H79Cl2N3O5. The summed E-state index contributed by atoms with van der Waals surface area (Å²) < 4.78 is 11.0. The van der Waals surface area contributed by atoms with Crippen molar-refractivity contribution in [2.75, 3.05) is 19.8 Å². The van der Waals surface area contributed by atoms with Crippen LogP contribution in [-0.4, -0.2) is 49.7 Å². The van der Waals surface area contributed by atoms with Crippen molar-refractivity contribution >= 4 is 42.7 Å². The maximum atomic E-state index is 12.9. The predicted octanol–water partition coefficient (Wildman–Crippen LogP) is 10.0. The van der Waals surface area contributed by atoms with Gasteiger partial charge >= 0.3 is 11.9 Å². The summed E-state index contributed by atoms with van der Waals surface area (Å²) >= 11 is 0. The van der Waals surface area contributed by atoms with Crippen LogP contribution in [0.3, 0.4) is 0 Å². The molecular weight excluding hydrogens is 661 g/mol. The SMILES string of the molecule is CCCCCCCCCCCCCCOC(=O)CC[C@H](NC(=O)[C@@H](N)CCCCN)C(=O)OCCCCCCCCCCCCCC.Cl.Cl. The third kappa shape index (κ3) is 36.5. The van der Waals surface area contributed by atoms with Crippen LogP contribution in [0.2, 0.25) is 0 Å². The number of halogens is 2. The molecule has 0 rings (SSSR count). The topological polar surface area (TPSA) is 134 Å². The summed E-state index contributed by atoms with van der Waals surface area (Å²) in [6, 6.07) is -1.65. The molecule has 294 valence electrons. The van der Waals surface area contributed by atoms with Gasteiger partial charge in [-0.15, -0.1) is 24.8 Å². The van der Waals surface area contributed by atoms with Crippen molar-refractivity contribution < 1.29 is 23.9 Å². The quantitative estimate of drug-likeness (QED) is 0.0430. The van der Waals surface area contributed by atoms with E-state index >= 15 is 0 Å². The molecule has 0 aliphatic heterocycles. The maximum absolute atomic E-state index is 12.9. The van der Waals surface area contributed by atoms with Crippen molar-refractivity contribution in [3.05, 3.63) is 0 Å². The Morgan fingerprint density at radius 3 is 1.33 bits per heavy atom. The number of hydrogen-bond donors (Lipinski definition) is 3. The lowest BCUT2D eigenvalue weighted by Gasteiger charge is -2.20. The first-order valence-electron chi connectivity index (χ1n) is 20.0. The van der Waals surface area contributed by atoms with Crippen LogP contribution in [0.15, 0.2) is 0 Å². The molecule has 1 amide bonds. The van der Waals surface area contributed by atoms with Crippen LogP contribution in [0.5, 0.6) is 0 Å². The van der Waals surface area contributed by atoms with E-state index < -0.39 is 24.0 Å². The first-order valence-corrected chi connectivity index (χ1v) is 20.0. The second kappa shape index (κ2) is 41.3. The zero-order valence-corrected chi connectivity index (χ0v) is 33.4. The van der Waals surface area contributed by atoms with Gasteiger partial charge in [0.1, 0.15) is 6.04 Å². The van der Waals surface area contributed by atoms with E-state index in [0.717, 1.165) is 51.4 Å². The largest absolute Gasteiger partial charge is 0.466 e. The molecule has 10 heteroatoms. The van der Waals surface area contributed by atoms with Crippen LogP contribution in [0.1, 0.15) is 200 Å². The Hall–Kier alpha value is -1.09. The van der Waals surface area contributed by atoms with Crippen molar-refractivity contribution in [2.45, 2.75) is 212 Å². The molecule has 2 atom stereocenters. The summed E-state index contributed by atoms with van der Waals surface area (Å²) in [6.45, 7) is 5.75. The lowest BCUT2D eigenvalue weighted by atomic mass is 10.1. The third-order valence-electron chi connectivity index (χ3n) is 9.05. The molecule has 0 aliphatic carbocycles. The second-order valence-corrected chi connectivity index (χ2v) is 13.7. The highest BCUT2D eigenvalue weighted by Gasteiger charge is 2.26. The molecule has 0 spiro atoms. The molecule has 0 aromatic rings. The standard InChI is InChI=1S/C39H77N3O5.2ClH/c1-3-5-7-9-11-13-15-17-19-21-23-27-33-46-37(43)31-30-36(42-38(44)35(41)29-25-26-32-40)39(45)47-34-28-24-22-20-18-16-14-12-10-8-6-4-2;;/h35-36H,3-34,40-41H2,1-2H3,(H,42,44);2*1H/t35-,36-;;/m0../s1. The number of unbranched alkanes of at least 4 members (excludes halogenated alkanes) is 23. The molecule has 5 N–H and O–H groups in total. The van der Waals surface area contributed by atoms with Crippen molar-refractivity contribution in [1.82, 2.24) is 5.32 Å². The van der Waals surface area contributed by atoms with E-state index in [1.54, 1.807) is 0 Å². The average Bonchev–Trinajstić information content (AvgIpc) is 3.07. The Balaban J connectivity index is -0.0000106. The molecule has 49 heavy (non-hydrogen) atoms. The second-order valence-electron chi connectivity index (χ2n) is 13.7. The van der Waals surface area contributed by atoms with Crippen LogP contribution >= 0.6 is 24.8 Å². The van der Waals surface area contributed by atoms with Crippen LogP contribution < -0.4 is 16.8 Å². The van der Waals surface area contributed by atoms with Crippen LogP contribution in [0.4, 0.5) is 0 Å². The maximum Gasteiger partial charge on any atom is 0.328 e. The van der Waals surface area contributed by atoms with E-state index in [-0.39, 0.29) is 43.6 Å². The highest BCUT2D eigenvalue weighted by Crippen LogP contribution is 2.14. The summed E-state index contributed by atoms with van der Waals surface area (Å²) in [5, 5.41) is 2.74. The number of esters is 2. The lowest BCUT2D eigenvalue weighted by Crippen LogP contribution is -2.49. The van der Waals surface area contributed by atoms with Gasteiger partial charge in [0.25, 0.3) is 0 Å². The number of ether oxygens (including phenoxy) is 2. The first kappa shape index (κ1) is 52.3. The van der Waals surface area contributed by atoms with E-state index in [2.05, 4.69) is 19.2 Å². The molecule has 0 saturated heterocycles. The van der Waals surface area contributed by atoms with E-state index in [4.69, 9.17) is 20.9 Å². The average molecular weight is 741 g/mol. The summed E-state index contributed by atoms with van der Waals surface area (Å²) in [7, 11) is 0. The molecule has 0 heterocycles. The van der Waals surface area contributed by atoms with Crippen LogP contribution in [0.25, 0.3) is 0 Å². The van der Waals surface area contributed by atoms with Gasteiger partial charge in [-0.1, -0.05) is 162 Å². The number of nitrogens with one attached hydrogen (secondary N) is 1. The smallest absolute Gasteiger partial charge is 0.328 e. The fourth-order valence-electron chi connectivity index (χ4n) is 5.85. The summed E-state index contributed by atoms with van der Waals surface area (Å²) in [4.78, 5) is 38.0. The van der Waals surface area contributed by atoms with Gasteiger partial charge in [0.2, 0.25) is 5.91 Å². The number of carbonyl (C=O) groups excluding carboxylic acids is 3. The fourth-order valence-corrected chi connectivity index (χ4v) is 5.85. The van der Waals surface area contributed by atoms with Gasteiger partial charge in [-0.2, -0.15) is 0 Å². The first-order chi connectivity index (χ1) is 23.0. The summed E-state index contributed by atoms with van der Waals surface area (Å²) in [5.74, 6) is -1.27. The monoisotopic (exact) mass is 740 g/mol. The van der Waals surface area contributed by atoms with E-state index in [1.165, 1.54) is 116 Å². The molecule has 8 nitrogen and oxygen atoms in total. The Kier molecular flexibility index (Phi) is 44.1.